The van der Waals surface area contributed by atoms with E-state index in [0.717, 1.165) is 8.75 Å². The molecule has 34 heavy (non-hydrogen) atoms. The minimum absolute atomic E-state index is 0.0797. The van der Waals surface area contributed by atoms with Crippen molar-refractivity contribution < 1.29 is 28.7 Å². The van der Waals surface area contributed by atoms with Crippen LogP contribution in [0, 0.1) is 11.8 Å². The molecule has 4 heterocycles. The third-order valence-electron chi connectivity index (χ3n) is 5.97. The van der Waals surface area contributed by atoms with Crippen LogP contribution in [0.4, 0.5) is 0 Å². The quantitative estimate of drug-likeness (QED) is 0.278. The first-order chi connectivity index (χ1) is 16.1. The number of β-lactam (4-membered cyclic amide) rings is 2. The Morgan fingerprint density at radius 3 is 1.44 bits per heavy atom. The topological polar surface area (TPSA) is 118 Å². The molecule has 2 amide bonds. The summed E-state index contributed by atoms with van der Waals surface area (Å²) >= 11 is 2.90. The molecule has 0 N–H and O–H groups in total. The average molecular weight is 547 g/mol. The molecule has 0 aromatic carbocycles. The van der Waals surface area contributed by atoms with E-state index >= 15 is 0 Å². The number of esters is 2. The number of carbonyl (C=O) groups is 4. The molecule has 0 aromatic rings. The molecule has 4 aliphatic heterocycles. The van der Waals surface area contributed by atoms with Gasteiger partial charge in [0.1, 0.15) is 31.6 Å². The van der Waals surface area contributed by atoms with Crippen molar-refractivity contribution >= 4 is 77.6 Å². The molecule has 0 bridgehead atoms. The summed E-state index contributed by atoms with van der Waals surface area (Å²) in [7, 11) is 5.42. The van der Waals surface area contributed by atoms with Crippen LogP contribution in [0.2, 0.25) is 0 Å². The van der Waals surface area contributed by atoms with Crippen LogP contribution in [-0.4, -0.2) is 91.4 Å². The molecule has 4 aliphatic rings. The first kappa shape index (κ1) is 25.7. The number of aliphatic imine (C=N–C) groups is 2. The van der Waals surface area contributed by atoms with Gasteiger partial charge in [-0.3, -0.25) is 19.6 Å². The van der Waals surface area contributed by atoms with E-state index in [9.17, 15) is 19.2 Å². The highest BCUT2D eigenvalue weighted by Crippen LogP contribution is 2.50. The number of methoxy groups -OCH3 is 2. The van der Waals surface area contributed by atoms with Crippen LogP contribution in [0.5, 0.6) is 0 Å². The molecule has 2 saturated heterocycles. The van der Waals surface area contributed by atoms with Gasteiger partial charge in [0.25, 0.3) is 11.8 Å². The van der Waals surface area contributed by atoms with Crippen LogP contribution in [0.3, 0.4) is 0 Å². The van der Waals surface area contributed by atoms with Crippen molar-refractivity contribution in [1.29, 1.82) is 0 Å². The van der Waals surface area contributed by atoms with E-state index in [0.29, 0.717) is 0 Å². The van der Waals surface area contributed by atoms with E-state index in [-0.39, 0.29) is 34.4 Å². The Kier molecular flexibility index (Phi) is 7.51. The van der Waals surface area contributed by atoms with Gasteiger partial charge in [0.2, 0.25) is 0 Å². The summed E-state index contributed by atoms with van der Waals surface area (Å²) in [4.78, 5) is 61.9. The normalized spacial score (nSPS) is 29.2. The Morgan fingerprint density at radius 1 is 0.794 bits per heavy atom. The minimum atomic E-state index is -0.635. The van der Waals surface area contributed by atoms with Gasteiger partial charge < -0.3 is 19.3 Å². The number of hydrogen-bond donors (Lipinski definition) is 0. The number of nitrogens with zero attached hydrogens (tertiary/aromatic N) is 4. The molecule has 0 aliphatic carbocycles. The van der Waals surface area contributed by atoms with E-state index < -0.39 is 36.1 Å². The van der Waals surface area contributed by atoms with Crippen molar-refractivity contribution in [2.75, 3.05) is 14.2 Å². The van der Waals surface area contributed by atoms with Crippen molar-refractivity contribution in [2.45, 2.75) is 62.6 Å². The maximum atomic E-state index is 12.7. The summed E-state index contributed by atoms with van der Waals surface area (Å²) < 4.78 is 11.2. The van der Waals surface area contributed by atoms with Crippen molar-refractivity contribution in [3.05, 3.63) is 0 Å². The van der Waals surface area contributed by atoms with Crippen molar-refractivity contribution in [2.24, 2.45) is 21.8 Å². The number of fused-ring (bicyclic) bond motifs is 2. The number of amides is 2. The summed E-state index contributed by atoms with van der Waals surface area (Å²) in [6.45, 7) is 7.53. The first-order valence-electron chi connectivity index (χ1n) is 10.7. The predicted molar refractivity (Wildman–Crippen MR) is 135 cm³/mol. The Hall–Kier alpha value is -1.38. The molecule has 4 rings (SSSR count). The lowest BCUT2D eigenvalue weighted by Crippen LogP contribution is -2.67. The van der Waals surface area contributed by atoms with Gasteiger partial charge in [-0.25, -0.2) is 9.59 Å². The molecule has 0 radical (unpaired) electrons. The van der Waals surface area contributed by atoms with Gasteiger partial charge in [-0.2, -0.15) is 0 Å². The summed E-state index contributed by atoms with van der Waals surface area (Å²) in [5.41, 5.74) is 0. The summed E-state index contributed by atoms with van der Waals surface area (Å²) in [6, 6.07) is -2.25. The fourth-order valence-electron chi connectivity index (χ4n) is 4.31. The Morgan fingerprint density at radius 2 is 1.15 bits per heavy atom. The first-order valence-corrected chi connectivity index (χ1v) is 14.6. The van der Waals surface area contributed by atoms with Gasteiger partial charge in [0, 0.05) is 0 Å². The fraction of sp³-hybridized carbons (Fsp3) is 0.700. The van der Waals surface area contributed by atoms with Crippen LogP contribution in [-0.2, 0) is 28.7 Å². The lowest BCUT2D eigenvalue weighted by atomic mass is 9.96. The highest BCUT2D eigenvalue weighted by atomic mass is 33.1. The molecule has 0 unspecified atom stereocenters. The van der Waals surface area contributed by atoms with Crippen LogP contribution >= 0.6 is 45.1 Å². The smallest absolute Gasteiger partial charge is 0.328 e. The molecule has 14 heteroatoms. The average Bonchev–Trinajstić information content (AvgIpc) is 3.37. The van der Waals surface area contributed by atoms with Crippen molar-refractivity contribution in [1.82, 2.24) is 9.80 Å². The van der Waals surface area contributed by atoms with Crippen molar-refractivity contribution in [3.8, 4) is 0 Å². The highest BCUT2D eigenvalue weighted by Gasteiger charge is 2.58. The van der Waals surface area contributed by atoms with E-state index in [1.54, 1.807) is 9.80 Å². The number of ether oxygens (including phenoxy) is 2. The Balaban J connectivity index is 1.34. The van der Waals surface area contributed by atoms with E-state index in [4.69, 9.17) is 9.47 Å². The minimum Gasteiger partial charge on any atom is -0.467 e. The zero-order valence-corrected chi connectivity index (χ0v) is 22.8. The van der Waals surface area contributed by atoms with Gasteiger partial charge in [0.05, 0.1) is 14.2 Å². The second-order valence-corrected chi connectivity index (χ2v) is 13.6. The summed E-state index contributed by atoms with van der Waals surface area (Å²) in [5, 5.41) is -0.444. The third kappa shape index (κ3) is 4.24. The fourth-order valence-corrected chi connectivity index (χ4v) is 9.75. The SMILES string of the molecule is COC(=O)[C@@H](C(C)C)N1C(=O)[C@H]2N=C(SSC3=N[C@@H]4C(=O)N([C@@H](C(=O)OC)C(C)C)[C@@H]4S3)S[C@H]21. The van der Waals surface area contributed by atoms with Crippen molar-refractivity contribution in [3.63, 3.8) is 0 Å². The summed E-state index contributed by atoms with van der Waals surface area (Å²) in [6.07, 6.45) is 0. The number of hydrogen-bond acceptors (Lipinski definition) is 12. The molecule has 0 spiro atoms. The number of rotatable bonds is 6. The highest BCUT2D eigenvalue weighted by molar-refractivity contribution is 8.93. The van der Waals surface area contributed by atoms with Gasteiger partial charge >= 0.3 is 11.9 Å². The molecule has 2 fully saturated rings. The standard InChI is InChI=1S/C20H26N4O6S4/c1-7(2)11(17(27)29-5)23-13(25)9-15(23)31-19(21-9)33-34-20-22-10-14(26)24(16(10)32-20)12(8(3)4)18(28)30-6/h7-12,15-16H,1-6H3/t9-,10-,11-,12-,15-,16-/m1/s1. The van der Waals surface area contributed by atoms with Gasteiger partial charge in [0.15, 0.2) is 12.1 Å². The number of carbonyl (C=O) groups excluding carboxylic acids is 4. The lowest BCUT2D eigenvalue weighted by molar-refractivity contribution is -0.163. The monoisotopic (exact) mass is 546 g/mol. The second kappa shape index (κ2) is 9.94. The maximum absolute atomic E-state index is 12.7. The lowest BCUT2D eigenvalue weighted by Gasteiger charge is -2.46. The molecule has 0 aromatic heterocycles. The predicted octanol–water partition coefficient (Wildman–Crippen LogP) is 2.04. The largest absolute Gasteiger partial charge is 0.467 e. The van der Waals surface area contributed by atoms with Crippen LogP contribution in [0.25, 0.3) is 0 Å². The molecular formula is C20H26N4O6S4. The van der Waals surface area contributed by atoms with Crippen LogP contribution < -0.4 is 0 Å². The van der Waals surface area contributed by atoms with Crippen LogP contribution in [0.15, 0.2) is 9.98 Å². The van der Waals surface area contributed by atoms with E-state index in [2.05, 4.69) is 9.98 Å². The second-order valence-electron chi connectivity index (χ2n) is 8.78. The van der Waals surface area contributed by atoms with Gasteiger partial charge in [-0.1, -0.05) is 51.2 Å². The zero-order chi connectivity index (χ0) is 24.9. The van der Waals surface area contributed by atoms with Gasteiger partial charge in [-0.15, -0.1) is 0 Å². The molecular weight excluding hydrogens is 521 g/mol. The zero-order valence-electron chi connectivity index (χ0n) is 19.5. The summed E-state index contributed by atoms with van der Waals surface area (Å²) in [5.74, 6) is -1.35. The van der Waals surface area contributed by atoms with Crippen LogP contribution in [0.1, 0.15) is 27.7 Å². The Labute approximate surface area is 214 Å². The maximum Gasteiger partial charge on any atom is 0.328 e. The molecule has 0 saturated carbocycles. The molecule has 186 valence electrons. The number of likely N-dealkylation sites (tertiary alicyclic amines) is 2. The number of thioether (sulfide) groups is 2. The van der Waals surface area contributed by atoms with E-state index in [1.807, 2.05) is 27.7 Å². The Bertz CT molecular complexity index is 897. The molecule has 6 atom stereocenters. The van der Waals surface area contributed by atoms with E-state index in [1.165, 1.54) is 59.3 Å². The van der Waals surface area contributed by atoms with Gasteiger partial charge in [-0.05, 0) is 33.4 Å². The molecule has 10 nitrogen and oxygen atoms in total. The third-order valence-corrected chi connectivity index (χ3v) is 11.5.